The minimum absolute atomic E-state index is 0.0620. The van der Waals surface area contributed by atoms with Crippen molar-refractivity contribution in [3.63, 3.8) is 0 Å². The maximum Gasteiger partial charge on any atom is 0.241 e. The van der Waals surface area contributed by atoms with Gasteiger partial charge < -0.3 is 10.1 Å². The molecule has 25 heavy (non-hydrogen) atoms. The van der Waals surface area contributed by atoms with Gasteiger partial charge in [0.15, 0.2) is 0 Å². The summed E-state index contributed by atoms with van der Waals surface area (Å²) in [7, 11) is -2.24. The van der Waals surface area contributed by atoms with Crippen LogP contribution in [0.3, 0.4) is 0 Å². The Bertz CT molecular complexity index is 869. The van der Waals surface area contributed by atoms with Gasteiger partial charge in [0.2, 0.25) is 15.9 Å². The molecular weight excluding hydrogens is 364 g/mol. The third-order valence-corrected chi connectivity index (χ3v) is 5.35. The van der Waals surface area contributed by atoms with Crippen molar-refractivity contribution in [2.75, 3.05) is 13.7 Å². The Balaban J connectivity index is 1.93. The van der Waals surface area contributed by atoms with Crippen molar-refractivity contribution in [1.82, 2.24) is 10.0 Å². The first-order valence-electron chi connectivity index (χ1n) is 7.48. The summed E-state index contributed by atoms with van der Waals surface area (Å²) in [6.07, 6.45) is 0. The molecule has 2 N–H and O–H groups in total. The van der Waals surface area contributed by atoms with Gasteiger partial charge in [-0.3, -0.25) is 4.79 Å². The molecule has 0 aromatic heterocycles. The van der Waals surface area contributed by atoms with Gasteiger partial charge in [-0.15, -0.1) is 0 Å². The molecule has 0 heterocycles. The summed E-state index contributed by atoms with van der Waals surface area (Å²) >= 11 is 5.89. The van der Waals surface area contributed by atoms with Gasteiger partial charge in [0, 0.05) is 17.1 Å². The molecule has 0 unspecified atom stereocenters. The minimum Gasteiger partial charge on any atom is -0.496 e. The first kappa shape index (κ1) is 19.2. The van der Waals surface area contributed by atoms with Crippen LogP contribution in [0.15, 0.2) is 47.4 Å². The van der Waals surface area contributed by atoms with Crippen molar-refractivity contribution >= 4 is 27.5 Å². The fourth-order valence-electron chi connectivity index (χ4n) is 2.13. The summed E-state index contributed by atoms with van der Waals surface area (Å²) in [6.45, 7) is 1.59. The number of benzene rings is 2. The van der Waals surface area contributed by atoms with E-state index in [9.17, 15) is 13.2 Å². The van der Waals surface area contributed by atoms with Crippen LogP contribution in [-0.2, 0) is 21.4 Å². The number of amides is 1. The second-order valence-corrected chi connectivity index (χ2v) is 7.50. The number of carbonyl (C=O) groups is 1. The lowest BCUT2D eigenvalue weighted by molar-refractivity contribution is -0.120. The van der Waals surface area contributed by atoms with Gasteiger partial charge in [-0.25, -0.2) is 13.1 Å². The molecule has 0 bridgehead atoms. The zero-order valence-electron chi connectivity index (χ0n) is 13.9. The summed E-state index contributed by atoms with van der Waals surface area (Å²) in [4.78, 5) is 12.0. The van der Waals surface area contributed by atoms with Gasteiger partial charge >= 0.3 is 0 Å². The summed E-state index contributed by atoms with van der Waals surface area (Å²) in [5.41, 5.74) is 1.44. The Kier molecular flexibility index (Phi) is 6.41. The molecule has 134 valence electrons. The number of carbonyl (C=O) groups excluding carboxylic acids is 1. The van der Waals surface area contributed by atoms with Crippen LogP contribution in [0.1, 0.15) is 11.1 Å². The lowest BCUT2D eigenvalue weighted by atomic mass is 10.2. The molecule has 0 atom stereocenters. The van der Waals surface area contributed by atoms with E-state index in [4.69, 9.17) is 16.3 Å². The highest BCUT2D eigenvalue weighted by Crippen LogP contribution is 2.19. The number of halogens is 1. The van der Waals surface area contributed by atoms with E-state index in [0.717, 1.165) is 5.56 Å². The van der Waals surface area contributed by atoms with Crippen LogP contribution in [0.25, 0.3) is 0 Å². The van der Waals surface area contributed by atoms with Gasteiger partial charge in [-0.2, -0.15) is 0 Å². The predicted molar refractivity (Wildman–Crippen MR) is 96.2 cm³/mol. The van der Waals surface area contributed by atoms with Crippen LogP contribution in [-0.4, -0.2) is 28.0 Å². The summed E-state index contributed by atoms with van der Waals surface area (Å²) in [5.74, 6) is 0.209. The molecule has 8 heteroatoms. The molecule has 0 aliphatic rings. The molecular formula is C17H19ClN2O4S. The smallest absolute Gasteiger partial charge is 0.241 e. The maximum atomic E-state index is 12.2. The van der Waals surface area contributed by atoms with Crippen molar-refractivity contribution in [2.45, 2.75) is 18.4 Å². The fourth-order valence-corrected chi connectivity index (χ4v) is 3.32. The predicted octanol–water partition coefficient (Wildman–Crippen LogP) is 2.25. The number of aryl methyl sites for hydroxylation is 1. The molecule has 1 amide bonds. The summed E-state index contributed by atoms with van der Waals surface area (Å²) in [5, 5.41) is 3.13. The van der Waals surface area contributed by atoms with Crippen LogP contribution in [0.2, 0.25) is 5.02 Å². The molecule has 2 aromatic rings. The number of sulfonamides is 1. The number of hydrogen-bond acceptors (Lipinski definition) is 4. The van der Waals surface area contributed by atoms with Crippen LogP contribution in [0, 0.1) is 6.92 Å². The quantitative estimate of drug-likeness (QED) is 0.769. The first-order chi connectivity index (χ1) is 11.8. The van der Waals surface area contributed by atoms with Gasteiger partial charge in [0.1, 0.15) is 5.75 Å². The van der Waals surface area contributed by atoms with Crippen LogP contribution in [0.4, 0.5) is 0 Å². The molecule has 0 saturated heterocycles. The van der Waals surface area contributed by atoms with Crippen LogP contribution in [0.5, 0.6) is 5.75 Å². The van der Waals surface area contributed by atoms with E-state index in [2.05, 4.69) is 10.0 Å². The van der Waals surface area contributed by atoms with Gasteiger partial charge in [-0.1, -0.05) is 29.8 Å². The highest BCUT2D eigenvalue weighted by molar-refractivity contribution is 7.89. The zero-order chi connectivity index (χ0) is 18.4. The van der Waals surface area contributed by atoms with E-state index in [1.54, 1.807) is 20.1 Å². The number of nitrogens with one attached hydrogen (secondary N) is 2. The summed E-state index contributed by atoms with van der Waals surface area (Å²) in [6, 6.07) is 11.6. The molecule has 0 saturated carbocycles. The van der Waals surface area contributed by atoms with E-state index in [-0.39, 0.29) is 18.0 Å². The number of para-hydroxylation sites is 1. The highest BCUT2D eigenvalue weighted by atomic mass is 35.5. The molecule has 2 aromatic carbocycles. The molecule has 0 fully saturated rings. The minimum atomic E-state index is -3.78. The van der Waals surface area contributed by atoms with Crippen molar-refractivity contribution in [3.8, 4) is 5.75 Å². The van der Waals surface area contributed by atoms with Crippen molar-refractivity contribution in [1.29, 1.82) is 0 Å². The Morgan fingerprint density at radius 3 is 2.60 bits per heavy atom. The number of ether oxygens (including phenoxy) is 1. The Morgan fingerprint density at radius 1 is 1.20 bits per heavy atom. The van der Waals surface area contributed by atoms with Crippen molar-refractivity contribution < 1.29 is 17.9 Å². The van der Waals surface area contributed by atoms with Crippen LogP contribution < -0.4 is 14.8 Å². The Hall–Kier alpha value is -2.09. The molecule has 0 aliphatic carbocycles. The van der Waals surface area contributed by atoms with E-state index in [0.29, 0.717) is 16.3 Å². The number of hydrogen-bond donors (Lipinski definition) is 2. The lowest BCUT2D eigenvalue weighted by Gasteiger charge is -2.11. The number of rotatable bonds is 7. The average Bonchev–Trinajstić information content (AvgIpc) is 2.60. The normalized spacial score (nSPS) is 11.2. The fraction of sp³-hybridized carbons (Fsp3) is 0.235. The molecule has 0 spiro atoms. The molecule has 0 radical (unpaired) electrons. The monoisotopic (exact) mass is 382 g/mol. The third kappa shape index (κ3) is 5.19. The lowest BCUT2D eigenvalue weighted by Crippen LogP contribution is -2.36. The second kappa shape index (κ2) is 8.33. The van der Waals surface area contributed by atoms with Gasteiger partial charge in [-0.05, 0) is 36.8 Å². The molecule has 6 nitrogen and oxygen atoms in total. The highest BCUT2D eigenvalue weighted by Gasteiger charge is 2.16. The molecule has 0 aliphatic heterocycles. The van der Waals surface area contributed by atoms with Crippen LogP contribution >= 0.6 is 11.6 Å². The average molecular weight is 383 g/mol. The SMILES string of the molecule is COc1ccccc1CNC(=O)CNS(=O)(=O)c1ccc(Cl)c(C)c1. The van der Waals surface area contributed by atoms with E-state index < -0.39 is 15.9 Å². The standard InChI is InChI=1S/C17H19ClN2O4S/c1-12-9-14(7-8-15(12)18)25(22,23)20-11-17(21)19-10-13-5-3-4-6-16(13)24-2/h3-9,20H,10-11H2,1-2H3,(H,19,21). The number of methoxy groups -OCH3 is 1. The largest absolute Gasteiger partial charge is 0.496 e. The van der Waals surface area contributed by atoms with Gasteiger partial charge in [0.05, 0.1) is 18.6 Å². The Labute approximate surface area is 152 Å². The Morgan fingerprint density at radius 2 is 1.92 bits per heavy atom. The van der Waals surface area contributed by atoms with E-state index in [1.165, 1.54) is 18.2 Å². The topological polar surface area (TPSA) is 84.5 Å². The van der Waals surface area contributed by atoms with E-state index >= 15 is 0 Å². The third-order valence-electron chi connectivity index (χ3n) is 3.53. The van der Waals surface area contributed by atoms with Crippen molar-refractivity contribution in [2.24, 2.45) is 0 Å². The van der Waals surface area contributed by atoms with Gasteiger partial charge in [0.25, 0.3) is 0 Å². The van der Waals surface area contributed by atoms with E-state index in [1.807, 2.05) is 18.2 Å². The first-order valence-corrected chi connectivity index (χ1v) is 9.34. The second-order valence-electron chi connectivity index (χ2n) is 5.32. The zero-order valence-corrected chi connectivity index (χ0v) is 15.4. The van der Waals surface area contributed by atoms with Crippen molar-refractivity contribution in [3.05, 3.63) is 58.6 Å². The molecule has 2 rings (SSSR count). The summed E-state index contributed by atoms with van der Waals surface area (Å²) < 4.78 is 31.9. The maximum absolute atomic E-state index is 12.2.